The smallest absolute Gasteiger partial charge is 0.413 e. The molecule has 0 atom stereocenters. The van der Waals surface area contributed by atoms with Crippen LogP contribution >= 0.6 is 0 Å². The zero-order chi connectivity index (χ0) is 14.9. The maximum atomic E-state index is 12.3. The maximum Gasteiger partial charge on any atom is 0.413 e. The van der Waals surface area contributed by atoms with Crippen molar-refractivity contribution in [3.8, 4) is 0 Å². The summed E-state index contributed by atoms with van der Waals surface area (Å²) < 4.78 is 5.89. The van der Waals surface area contributed by atoms with Gasteiger partial charge in [-0.25, -0.2) is 19.1 Å². The number of imidazole rings is 1. The minimum absolute atomic E-state index is 0.135. The highest BCUT2D eigenvalue weighted by Gasteiger charge is 2.20. The third-order valence-corrected chi connectivity index (χ3v) is 2.78. The van der Waals surface area contributed by atoms with Crippen molar-refractivity contribution in [2.75, 3.05) is 26.5 Å². The molecule has 0 fully saturated rings. The second-order valence-electron chi connectivity index (χ2n) is 4.56. The number of hydrogen-bond acceptors (Lipinski definition) is 4. The molecule has 7 nitrogen and oxygen atoms in total. The van der Waals surface area contributed by atoms with Crippen LogP contribution in [0.1, 0.15) is 5.56 Å². The number of aromatic nitrogens is 2. The molecule has 1 heterocycles. The molecule has 0 bridgehead atoms. The number of nitrogens with one attached hydrogen (secondary N) is 1. The van der Waals surface area contributed by atoms with Crippen LogP contribution in [0, 0.1) is 6.92 Å². The fourth-order valence-corrected chi connectivity index (χ4v) is 1.81. The van der Waals surface area contributed by atoms with E-state index in [0.29, 0.717) is 11.0 Å². The molecular weight excluding hydrogens is 260 g/mol. The van der Waals surface area contributed by atoms with Gasteiger partial charge in [0.15, 0.2) is 0 Å². The Hall–Kier alpha value is -2.57. The van der Waals surface area contributed by atoms with Gasteiger partial charge in [0.25, 0.3) is 0 Å². The summed E-state index contributed by atoms with van der Waals surface area (Å²) in [6, 6.07) is 5.23. The number of benzene rings is 1. The summed E-state index contributed by atoms with van der Waals surface area (Å²) in [7, 11) is 4.51. The average molecular weight is 276 g/mol. The predicted octanol–water partition coefficient (Wildman–Crippen LogP) is 2.05. The summed E-state index contributed by atoms with van der Waals surface area (Å²) in [6.07, 6.45) is -0.676. The number of carbonyl (C=O) groups excluding carboxylic acids is 2. The van der Waals surface area contributed by atoms with Gasteiger partial charge in [-0.3, -0.25) is 5.32 Å². The van der Waals surface area contributed by atoms with Crippen molar-refractivity contribution in [1.82, 2.24) is 14.5 Å². The first-order valence-corrected chi connectivity index (χ1v) is 5.99. The highest BCUT2D eigenvalue weighted by atomic mass is 16.5. The molecule has 2 aromatic rings. The summed E-state index contributed by atoms with van der Waals surface area (Å²) in [4.78, 5) is 29.3. The van der Waals surface area contributed by atoms with Gasteiger partial charge < -0.3 is 9.64 Å². The van der Waals surface area contributed by atoms with Crippen molar-refractivity contribution >= 4 is 29.1 Å². The van der Waals surface area contributed by atoms with Gasteiger partial charge in [-0.1, -0.05) is 6.07 Å². The van der Waals surface area contributed by atoms with E-state index >= 15 is 0 Å². The van der Waals surface area contributed by atoms with E-state index in [-0.39, 0.29) is 12.0 Å². The number of anilines is 1. The van der Waals surface area contributed by atoms with Gasteiger partial charge in [0.2, 0.25) is 5.95 Å². The van der Waals surface area contributed by atoms with E-state index < -0.39 is 6.09 Å². The lowest BCUT2D eigenvalue weighted by Crippen LogP contribution is -2.29. The highest BCUT2D eigenvalue weighted by Crippen LogP contribution is 2.21. The maximum absolute atomic E-state index is 12.3. The molecule has 2 rings (SSSR count). The Morgan fingerprint density at radius 1 is 1.35 bits per heavy atom. The standard InChI is InChI=1S/C13H16N4O3/c1-8-5-6-9-10(7-8)17(13(19)16(2)3)11(14-9)15-12(18)20-4/h5-7H,1-4H3,(H,14,15,18). The minimum atomic E-state index is -0.676. The topological polar surface area (TPSA) is 76.5 Å². The first kappa shape index (κ1) is 13.9. The third kappa shape index (κ3) is 2.42. The lowest BCUT2D eigenvalue weighted by molar-refractivity contribution is 0.186. The number of methoxy groups -OCH3 is 1. The van der Waals surface area contributed by atoms with Crippen LogP contribution in [-0.2, 0) is 4.74 Å². The molecule has 1 aromatic heterocycles. The van der Waals surface area contributed by atoms with Crippen LogP contribution in [0.15, 0.2) is 18.2 Å². The second-order valence-corrected chi connectivity index (χ2v) is 4.56. The Bertz CT molecular complexity index is 676. The van der Waals surface area contributed by atoms with Crippen molar-refractivity contribution in [3.05, 3.63) is 23.8 Å². The lowest BCUT2D eigenvalue weighted by Gasteiger charge is -2.14. The quantitative estimate of drug-likeness (QED) is 0.864. The second kappa shape index (κ2) is 5.20. The molecule has 1 N–H and O–H groups in total. The van der Waals surface area contributed by atoms with Crippen LogP contribution in [-0.4, -0.2) is 47.8 Å². The summed E-state index contributed by atoms with van der Waals surface area (Å²) in [6.45, 7) is 1.92. The molecule has 0 aliphatic rings. The Kier molecular flexibility index (Phi) is 3.60. The summed E-state index contributed by atoms with van der Waals surface area (Å²) in [5.41, 5.74) is 2.25. The monoisotopic (exact) mass is 276 g/mol. The van der Waals surface area contributed by atoms with E-state index in [2.05, 4.69) is 15.0 Å². The molecule has 0 saturated carbocycles. The van der Waals surface area contributed by atoms with Crippen LogP contribution in [0.3, 0.4) is 0 Å². The Labute approximate surface area is 116 Å². The molecule has 7 heteroatoms. The van der Waals surface area contributed by atoms with E-state index in [1.807, 2.05) is 19.1 Å². The highest BCUT2D eigenvalue weighted by molar-refractivity contribution is 5.96. The fraction of sp³-hybridized carbons (Fsp3) is 0.308. The third-order valence-electron chi connectivity index (χ3n) is 2.78. The van der Waals surface area contributed by atoms with Gasteiger partial charge in [0.1, 0.15) is 0 Å². The van der Waals surface area contributed by atoms with E-state index in [9.17, 15) is 9.59 Å². The van der Waals surface area contributed by atoms with E-state index in [0.717, 1.165) is 5.56 Å². The predicted molar refractivity (Wildman–Crippen MR) is 75.0 cm³/mol. The summed E-state index contributed by atoms with van der Waals surface area (Å²) in [5.74, 6) is 0.135. The average Bonchev–Trinajstić information content (AvgIpc) is 2.74. The number of nitrogens with zero attached hydrogens (tertiary/aromatic N) is 3. The first-order chi connectivity index (χ1) is 9.43. The zero-order valence-corrected chi connectivity index (χ0v) is 11.8. The largest absolute Gasteiger partial charge is 0.453 e. The van der Waals surface area contributed by atoms with Crippen LogP contribution < -0.4 is 5.32 Å². The van der Waals surface area contributed by atoms with E-state index in [1.165, 1.54) is 16.6 Å². The number of ether oxygens (including phenoxy) is 1. The first-order valence-electron chi connectivity index (χ1n) is 5.99. The van der Waals surface area contributed by atoms with Crippen molar-refractivity contribution in [3.63, 3.8) is 0 Å². The number of rotatable bonds is 1. The van der Waals surface area contributed by atoms with Crippen LogP contribution in [0.5, 0.6) is 0 Å². The molecule has 106 valence electrons. The van der Waals surface area contributed by atoms with E-state index in [1.54, 1.807) is 20.2 Å². The van der Waals surface area contributed by atoms with Gasteiger partial charge >= 0.3 is 12.1 Å². The summed E-state index contributed by atoms with van der Waals surface area (Å²) >= 11 is 0. The Morgan fingerprint density at radius 2 is 2.05 bits per heavy atom. The van der Waals surface area contributed by atoms with Crippen LogP contribution in [0.4, 0.5) is 15.5 Å². The number of aryl methyl sites for hydroxylation is 1. The number of fused-ring (bicyclic) bond motifs is 1. The number of hydrogen-bond donors (Lipinski definition) is 1. The normalized spacial score (nSPS) is 10.4. The Balaban J connectivity index is 2.63. The molecule has 2 amide bonds. The van der Waals surface area contributed by atoms with Gasteiger partial charge in [0, 0.05) is 14.1 Å². The van der Waals surface area contributed by atoms with Gasteiger partial charge in [-0.05, 0) is 24.6 Å². The molecule has 0 radical (unpaired) electrons. The molecule has 0 saturated heterocycles. The number of carbonyl (C=O) groups is 2. The van der Waals surface area contributed by atoms with Crippen molar-refractivity contribution < 1.29 is 14.3 Å². The fourth-order valence-electron chi connectivity index (χ4n) is 1.81. The van der Waals surface area contributed by atoms with E-state index in [4.69, 9.17) is 0 Å². The SMILES string of the molecule is COC(=O)Nc1nc2ccc(C)cc2n1C(=O)N(C)C. The zero-order valence-electron chi connectivity index (χ0n) is 11.8. The molecule has 0 aliphatic carbocycles. The molecule has 0 unspecified atom stereocenters. The molecule has 20 heavy (non-hydrogen) atoms. The Morgan fingerprint density at radius 3 is 2.65 bits per heavy atom. The molecule has 0 spiro atoms. The van der Waals surface area contributed by atoms with Gasteiger partial charge in [-0.15, -0.1) is 0 Å². The van der Waals surface area contributed by atoms with Crippen LogP contribution in [0.25, 0.3) is 11.0 Å². The molecule has 0 aliphatic heterocycles. The van der Waals surface area contributed by atoms with Crippen molar-refractivity contribution in [1.29, 1.82) is 0 Å². The minimum Gasteiger partial charge on any atom is -0.453 e. The molecular formula is C13H16N4O3. The van der Waals surface area contributed by atoms with Crippen molar-refractivity contribution in [2.24, 2.45) is 0 Å². The number of amides is 2. The summed E-state index contributed by atoms with van der Waals surface area (Å²) in [5, 5.41) is 2.45. The van der Waals surface area contributed by atoms with Crippen molar-refractivity contribution in [2.45, 2.75) is 6.92 Å². The van der Waals surface area contributed by atoms with Gasteiger partial charge in [0.05, 0.1) is 18.1 Å². The molecule has 1 aromatic carbocycles. The van der Waals surface area contributed by atoms with Gasteiger partial charge in [-0.2, -0.15) is 0 Å². The van der Waals surface area contributed by atoms with Crippen LogP contribution in [0.2, 0.25) is 0 Å². The lowest BCUT2D eigenvalue weighted by atomic mass is 10.2.